The van der Waals surface area contributed by atoms with Crippen molar-refractivity contribution in [2.75, 3.05) is 38.3 Å². The van der Waals surface area contributed by atoms with E-state index in [1.54, 1.807) is 7.11 Å². The van der Waals surface area contributed by atoms with Gasteiger partial charge in [0.25, 0.3) is 0 Å². The average molecular weight is 307 g/mol. The Labute approximate surface area is 131 Å². The van der Waals surface area contributed by atoms with Crippen molar-refractivity contribution in [2.45, 2.75) is 31.8 Å². The lowest BCUT2D eigenvalue weighted by molar-refractivity contribution is -0.108. The maximum absolute atomic E-state index is 11.2. The van der Waals surface area contributed by atoms with Gasteiger partial charge in [-0.25, -0.2) is 9.97 Å². The number of ether oxygens (including phenoxy) is 2. The van der Waals surface area contributed by atoms with Crippen molar-refractivity contribution in [3.63, 3.8) is 0 Å². The number of aromatic nitrogens is 2. The van der Waals surface area contributed by atoms with Gasteiger partial charge in [0.05, 0.1) is 12.7 Å². The fourth-order valence-electron chi connectivity index (χ4n) is 3.77. The highest BCUT2D eigenvalue weighted by atomic mass is 16.5. The Morgan fingerprint density at radius 3 is 2.82 bits per heavy atom. The molecule has 1 N–H and O–H groups in total. The zero-order valence-electron chi connectivity index (χ0n) is 13.4. The highest BCUT2D eigenvalue weighted by Crippen LogP contribution is 2.40. The molecule has 0 spiro atoms. The van der Waals surface area contributed by atoms with Crippen molar-refractivity contribution in [2.24, 2.45) is 11.8 Å². The molecule has 2 atom stereocenters. The zero-order valence-corrected chi connectivity index (χ0v) is 13.4. The lowest BCUT2D eigenvalue weighted by atomic mass is 9.70. The second-order valence-corrected chi connectivity index (χ2v) is 6.39. The Kier molecular flexibility index (Phi) is 4.49. The predicted octanol–water partition coefficient (Wildman–Crippen LogP) is 1.49. The number of aliphatic hydroxyl groups is 1. The van der Waals surface area contributed by atoms with Crippen LogP contribution in [0.15, 0.2) is 12.4 Å². The molecule has 2 saturated heterocycles. The van der Waals surface area contributed by atoms with Crippen LogP contribution in [0.4, 0.5) is 5.82 Å². The van der Waals surface area contributed by atoms with Crippen LogP contribution in [0.1, 0.15) is 26.2 Å². The third-order valence-electron chi connectivity index (χ3n) is 5.22. The van der Waals surface area contributed by atoms with Crippen molar-refractivity contribution in [1.29, 1.82) is 0 Å². The van der Waals surface area contributed by atoms with Gasteiger partial charge in [-0.1, -0.05) is 6.92 Å². The highest BCUT2D eigenvalue weighted by Gasteiger charge is 2.45. The number of anilines is 1. The number of hydrogen-bond donors (Lipinski definition) is 1. The molecule has 1 aromatic rings. The molecule has 22 heavy (non-hydrogen) atoms. The van der Waals surface area contributed by atoms with E-state index in [1.165, 1.54) is 6.33 Å². The van der Waals surface area contributed by atoms with E-state index in [9.17, 15) is 5.11 Å². The van der Waals surface area contributed by atoms with E-state index in [4.69, 9.17) is 9.47 Å². The van der Waals surface area contributed by atoms with Crippen molar-refractivity contribution in [1.82, 2.24) is 9.97 Å². The van der Waals surface area contributed by atoms with Crippen molar-refractivity contribution in [3.05, 3.63) is 12.4 Å². The lowest BCUT2D eigenvalue weighted by Gasteiger charge is -2.48. The maximum Gasteiger partial charge on any atom is 0.218 e. The molecule has 2 aliphatic heterocycles. The van der Waals surface area contributed by atoms with Crippen LogP contribution in [0.25, 0.3) is 0 Å². The van der Waals surface area contributed by atoms with Crippen LogP contribution >= 0.6 is 0 Å². The van der Waals surface area contributed by atoms with Crippen LogP contribution in [0.3, 0.4) is 0 Å². The average Bonchev–Trinajstić information content (AvgIpc) is 2.58. The summed E-state index contributed by atoms with van der Waals surface area (Å²) in [6.07, 6.45) is 4.22. The third kappa shape index (κ3) is 2.90. The monoisotopic (exact) mass is 307 g/mol. The maximum atomic E-state index is 11.2. The highest BCUT2D eigenvalue weighted by molar-refractivity contribution is 5.41. The number of nitrogens with zero attached hydrogens (tertiary/aromatic N) is 3. The van der Waals surface area contributed by atoms with Crippen molar-refractivity contribution >= 4 is 5.82 Å². The van der Waals surface area contributed by atoms with E-state index in [2.05, 4.69) is 21.8 Å². The van der Waals surface area contributed by atoms with Crippen LogP contribution in [0.5, 0.6) is 5.88 Å². The van der Waals surface area contributed by atoms with Crippen LogP contribution < -0.4 is 9.64 Å². The molecule has 0 bridgehead atoms. The first-order chi connectivity index (χ1) is 10.6. The van der Waals surface area contributed by atoms with Gasteiger partial charge in [0.1, 0.15) is 12.1 Å². The van der Waals surface area contributed by atoms with Gasteiger partial charge in [-0.15, -0.1) is 0 Å². The minimum atomic E-state index is -0.586. The van der Waals surface area contributed by atoms with Gasteiger partial charge in [0, 0.05) is 38.3 Å². The van der Waals surface area contributed by atoms with Gasteiger partial charge in [-0.2, -0.15) is 0 Å². The van der Waals surface area contributed by atoms with E-state index < -0.39 is 5.60 Å². The summed E-state index contributed by atoms with van der Waals surface area (Å²) in [5.74, 6) is 1.99. The minimum Gasteiger partial charge on any atom is -0.481 e. The fourth-order valence-corrected chi connectivity index (χ4v) is 3.77. The van der Waals surface area contributed by atoms with E-state index in [0.717, 1.165) is 51.4 Å². The molecular weight excluding hydrogens is 282 g/mol. The molecule has 3 rings (SSSR count). The SMILES string of the molecule is COc1cc(N2CCC(O)(C3CCOCC3)C(C)C2)ncn1. The number of piperidine rings is 1. The van der Waals surface area contributed by atoms with Crippen LogP contribution in [-0.4, -0.2) is 54.1 Å². The molecule has 6 heteroatoms. The van der Waals surface area contributed by atoms with E-state index >= 15 is 0 Å². The Hall–Kier alpha value is -1.40. The molecule has 0 radical (unpaired) electrons. The fraction of sp³-hybridized carbons (Fsp3) is 0.750. The summed E-state index contributed by atoms with van der Waals surface area (Å²) in [5, 5.41) is 11.2. The van der Waals surface area contributed by atoms with Crippen molar-refractivity contribution < 1.29 is 14.6 Å². The van der Waals surface area contributed by atoms with E-state index in [-0.39, 0.29) is 5.92 Å². The molecule has 0 aromatic carbocycles. The normalized spacial score (nSPS) is 30.3. The van der Waals surface area contributed by atoms with Crippen LogP contribution in [0.2, 0.25) is 0 Å². The van der Waals surface area contributed by atoms with Gasteiger partial charge < -0.3 is 19.5 Å². The first kappa shape index (κ1) is 15.5. The number of hydrogen-bond acceptors (Lipinski definition) is 6. The molecular formula is C16H25N3O3. The summed E-state index contributed by atoms with van der Waals surface area (Å²) in [6, 6.07) is 1.85. The predicted molar refractivity (Wildman–Crippen MR) is 83.1 cm³/mol. The molecule has 0 saturated carbocycles. The Balaban J connectivity index is 1.71. The third-order valence-corrected chi connectivity index (χ3v) is 5.22. The van der Waals surface area contributed by atoms with Gasteiger partial charge >= 0.3 is 0 Å². The first-order valence-corrected chi connectivity index (χ1v) is 8.04. The lowest BCUT2D eigenvalue weighted by Crippen LogP contribution is -2.56. The van der Waals surface area contributed by atoms with Gasteiger partial charge in [0.15, 0.2) is 0 Å². The summed E-state index contributed by atoms with van der Waals surface area (Å²) >= 11 is 0. The quantitative estimate of drug-likeness (QED) is 0.912. The Bertz CT molecular complexity index is 507. The largest absolute Gasteiger partial charge is 0.481 e. The smallest absolute Gasteiger partial charge is 0.218 e. The molecule has 2 aliphatic rings. The zero-order chi connectivity index (χ0) is 15.6. The second-order valence-electron chi connectivity index (χ2n) is 6.39. The molecule has 2 unspecified atom stereocenters. The summed E-state index contributed by atoms with van der Waals surface area (Å²) in [5.41, 5.74) is -0.586. The second kappa shape index (κ2) is 6.38. The molecule has 6 nitrogen and oxygen atoms in total. The van der Waals surface area contributed by atoms with Crippen LogP contribution in [0, 0.1) is 11.8 Å². The minimum absolute atomic E-state index is 0.199. The summed E-state index contributed by atoms with van der Waals surface area (Å²) in [6.45, 7) is 5.28. The number of methoxy groups -OCH3 is 1. The van der Waals surface area contributed by atoms with Gasteiger partial charge in [-0.3, -0.25) is 0 Å². The molecule has 0 aliphatic carbocycles. The summed E-state index contributed by atoms with van der Waals surface area (Å²) < 4.78 is 10.6. The molecule has 0 amide bonds. The van der Waals surface area contributed by atoms with E-state index in [1.807, 2.05) is 6.07 Å². The van der Waals surface area contributed by atoms with E-state index in [0.29, 0.717) is 11.8 Å². The van der Waals surface area contributed by atoms with Gasteiger partial charge in [-0.05, 0) is 25.2 Å². The molecule has 2 fully saturated rings. The first-order valence-electron chi connectivity index (χ1n) is 8.04. The molecule has 122 valence electrons. The number of rotatable bonds is 3. The van der Waals surface area contributed by atoms with Gasteiger partial charge in [0.2, 0.25) is 5.88 Å². The summed E-state index contributed by atoms with van der Waals surface area (Å²) in [7, 11) is 1.61. The van der Waals surface area contributed by atoms with Crippen LogP contribution in [-0.2, 0) is 4.74 Å². The molecule has 3 heterocycles. The summed E-state index contributed by atoms with van der Waals surface area (Å²) in [4.78, 5) is 10.6. The standard InChI is InChI=1S/C16H25N3O3/c1-12-10-19(14-9-15(21-2)18-11-17-14)6-5-16(12,20)13-3-7-22-8-4-13/h9,11-13,20H,3-8,10H2,1-2H3. The molecule has 1 aromatic heterocycles. The topological polar surface area (TPSA) is 67.7 Å². The Morgan fingerprint density at radius 2 is 2.14 bits per heavy atom. The Morgan fingerprint density at radius 1 is 1.36 bits per heavy atom. The van der Waals surface area contributed by atoms with Crippen molar-refractivity contribution in [3.8, 4) is 5.88 Å².